The van der Waals surface area contributed by atoms with Crippen molar-refractivity contribution in [1.82, 2.24) is 5.32 Å². The van der Waals surface area contributed by atoms with Crippen LogP contribution in [0.3, 0.4) is 0 Å². The molecule has 1 saturated heterocycles. The Morgan fingerprint density at radius 2 is 1.35 bits per heavy atom. The third-order valence-electron chi connectivity index (χ3n) is 7.64. The van der Waals surface area contributed by atoms with Crippen LogP contribution in [0.1, 0.15) is 68.7 Å². The third kappa shape index (κ3) is 10.2. The van der Waals surface area contributed by atoms with Crippen molar-refractivity contribution in [1.29, 1.82) is 5.16 Å². The summed E-state index contributed by atoms with van der Waals surface area (Å²) in [5.41, 5.74) is 12.7. The van der Waals surface area contributed by atoms with Gasteiger partial charge in [0, 0.05) is 17.2 Å². The molecule has 7 nitrogen and oxygen atoms in total. The SMILES string of the molecule is CC.COc1ccc(C(C)C)cc1-c1cc(C(N)=NC2CCNCC2)c(OCc2ccccc2)cc1OCc1ccccc1.N=P. The quantitative estimate of drug-likeness (QED) is 0.0863. The molecule has 0 bridgehead atoms. The van der Waals surface area contributed by atoms with Gasteiger partial charge in [-0.15, -0.1) is 0 Å². The Morgan fingerprint density at radius 1 is 0.804 bits per heavy atom. The van der Waals surface area contributed by atoms with E-state index in [2.05, 4.69) is 70.7 Å². The molecule has 1 aliphatic rings. The van der Waals surface area contributed by atoms with Gasteiger partial charge >= 0.3 is 0 Å². The van der Waals surface area contributed by atoms with E-state index < -0.39 is 0 Å². The first kappa shape index (κ1) is 36.3. The summed E-state index contributed by atoms with van der Waals surface area (Å²) >= 11 is 0. The largest absolute Gasteiger partial charge is 0.496 e. The van der Waals surface area contributed by atoms with Crippen molar-refractivity contribution in [2.45, 2.75) is 65.7 Å². The molecule has 4 aromatic rings. The number of amidine groups is 1. The topological polar surface area (TPSA) is 102 Å². The van der Waals surface area contributed by atoms with Gasteiger partial charge in [0.2, 0.25) is 0 Å². The molecule has 0 aliphatic carbocycles. The summed E-state index contributed by atoms with van der Waals surface area (Å²) in [6.07, 6.45) is 1.91. The van der Waals surface area contributed by atoms with Crippen LogP contribution in [0.5, 0.6) is 17.2 Å². The molecule has 1 fully saturated rings. The zero-order valence-corrected chi connectivity index (χ0v) is 28.8. The lowest BCUT2D eigenvalue weighted by molar-refractivity contribution is 0.290. The normalized spacial score (nSPS) is 13.1. The summed E-state index contributed by atoms with van der Waals surface area (Å²) in [7, 11) is 3.92. The first-order valence-corrected chi connectivity index (χ1v) is 16.5. The molecule has 46 heavy (non-hydrogen) atoms. The fourth-order valence-corrected chi connectivity index (χ4v) is 5.18. The minimum atomic E-state index is 0.171. The Hall–Kier alpha value is -4.19. The van der Waals surface area contributed by atoms with Crippen LogP contribution in [-0.2, 0) is 13.2 Å². The molecule has 0 unspecified atom stereocenters. The molecule has 0 radical (unpaired) electrons. The van der Waals surface area contributed by atoms with E-state index in [1.165, 1.54) is 5.56 Å². The molecule has 1 aliphatic heterocycles. The van der Waals surface area contributed by atoms with Crippen LogP contribution >= 0.6 is 9.03 Å². The van der Waals surface area contributed by atoms with E-state index in [0.717, 1.165) is 59.5 Å². The number of aliphatic imine (C=N–C) groups is 1. The third-order valence-corrected chi connectivity index (χ3v) is 7.64. The van der Waals surface area contributed by atoms with Gasteiger partial charge < -0.3 is 25.3 Å². The van der Waals surface area contributed by atoms with Gasteiger partial charge in [0.25, 0.3) is 0 Å². The number of nitrogens with two attached hydrogens (primary N) is 1. The van der Waals surface area contributed by atoms with E-state index in [4.69, 9.17) is 30.1 Å². The minimum Gasteiger partial charge on any atom is -0.496 e. The molecular weight excluding hydrogens is 591 g/mol. The van der Waals surface area contributed by atoms with Crippen LogP contribution in [0.2, 0.25) is 0 Å². The van der Waals surface area contributed by atoms with Crippen LogP contribution in [0.25, 0.3) is 11.1 Å². The molecule has 0 amide bonds. The van der Waals surface area contributed by atoms with E-state index in [1.807, 2.05) is 62.4 Å². The predicted molar refractivity (Wildman–Crippen MR) is 193 cm³/mol. The van der Waals surface area contributed by atoms with E-state index in [0.29, 0.717) is 36.5 Å². The van der Waals surface area contributed by atoms with Crippen LogP contribution in [0.15, 0.2) is 96.0 Å². The summed E-state index contributed by atoms with van der Waals surface area (Å²) in [4.78, 5) is 4.97. The molecular formula is C38H49N4O3P. The monoisotopic (exact) mass is 640 g/mol. The predicted octanol–water partition coefficient (Wildman–Crippen LogP) is 9.02. The van der Waals surface area contributed by atoms with Crippen molar-refractivity contribution in [3.05, 3.63) is 113 Å². The lowest BCUT2D eigenvalue weighted by Gasteiger charge is -2.22. The Labute approximate surface area is 277 Å². The van der Waals surface area contributed by atoms with Crippen LogP contribution in [0, 0.1) is 5.16 Å². The number of methoxy groups -OCH3 is 1. The van der Waals surface area contributed by atoms with E-state index in [1.54, 1.807) is 7.11 Å². The smallest absolute Gasteiger partial charge is 0.134 e. The molecule has 8 heteroatoms. The van der Waals surface area contributed by atoms with Gasteiger partial charge in [0.15, 0.2) is 0 Å². The second-order valence-corrected chi connectivity index (χ2v) is 11.0. The Kier molecular flexibility index (Phi) is 15.3. The number of ether oxygens (including phenoxy) is 3. The zero-order valence-electron chi connectivity index (χ0n) is 27.8. The summed E-state index contributed by atoms with van der Waals surface area (Å²) in [6.45, 7) is 11.1. The van der Waals surface area contributed by atoms with Crippen LogP contribution in [0.4, 0.5) is 0 Å². The average molecular weight is 641 g/mol. The maximum atomic E-state index is 6.78. The highest BCUT2D eigenvalue weighted by atomic mass is 31.0. The Morgan fingerprint density at radius 3 is 1.89 bits per heavy atom. The van der Waals surface area contributed by atoms with Crippen molar-refractivity contribution < 1.29 is 14.2 Å². The molecule has 0 aromatic heterocycles. The highest BCUT2D eigenvalue weighted by Gasteiger charge is 2.21. The standard InChI is InChI=1S/C36H41N3O3.C2H6.H2NP/c1-25(2)28-14-15-33(40-3)30(20-28)31-21-32(36(37)39-29-16-18-38-19-17-29)35(42-24-27-12-8-5-9-13-27)22-34(31)41-23-26-10-6-4-7-11-26;2*1-2/h4-15,20-22,25,29,38H,16-19,23-24H2,1-3H3,(H2,37,39);1-2H3;1-2H. The number of benzene rings is 4. The van der Waals surface area contributed by atoms with E-state index in [-0.39, 0.29) is 6.04 Å². The molecule has 0 atom stereocenters. The van der Waals surface area contributed by atoms with Crippen molar-refractivity contribution in [2.24, 2.45) is 10.7 Å². The molecule has 0 spiro atoms. The number of piperidine rings is 1. The summed E-state index contributed by atoms with van der Waals surface area (Å²) in [5.74, 6) is 2.92. The highest BCUT2D eigenvalue weighted by Crippen LogP contribution is 2.42. The van der Waals surface area contributed by atoms with Crippen molar-refractivity contribution in [2.75, 3.05) is 20.2 Å². The van der Waals surface area contributed by atoms with Gasteiger partial charge in [0.05, 0.1) is 18.7 Å². The number of rotatable bonds is 11. The van der Waals surface area contributed by atoms with E-state index in [9.17, 15) is 0 Å². The molecule has 4 N–H and O–H groups in total. The lowest BCUT2D eigenvalue weighted by atomic mass is 9.94. The van der Waals surface area contributed by atoms with Crippen molar-refractivity contribution in [3.63, 3.8) is 0 Å². The molecule has 244 valence electrons. The van der Waals surface area contributed by atoms with Gasteiger partial charge in [-0.25, -0.2) is 0 Å². The maximum Gasteiger partial charge on any atom is 0.134 e. The second kappa shape index (κ2) is 19.4. The number of hydrogen-bond acceptors (Lipinski definition) is 6. The summed E-state index contributed by atoms with van der Waals surface area (Å²) in [6, 6.07) is 30.8. The Balaban J connectivity index is 0.00000139. The molecule has 1 heterocycles. The van der Waals surface area contributed by atoms with Crippen LogP contribution < -0.4 is 25.3 Å². The number of hydrogen-bond donors (Lipinski definition) is 3. The first-order chi connectivity index (χ1) is 22.5. The van der Waals surface area contributed by atoms with Gasteiger partial charge in [-0.1, -0.05) is 94.4 Å². The average Bonchev–Trinajstić information content (AvgIpc) is 3.12. The first-order valence-electron chi connectivity index (χ1n) is 16.0. The fourth-order valence-electron chi connectivity index (χ4n) is 5.18. The van der Waals surface area contributed by atoms with Gasteiger partial charge in [-0.3, -0.25) is 10.2 Å². The lowest BCUT2D eigenvalue weighted by Crippen LogP contribution is -2.31. The highest BCUT2D eigenvalue weighted by molar-refractivity contribution is 7.02. The van der Waals surface area contributed by atoms with Gasteiger partial charge in [0.1, 0.15) is 36.3 Å². The fraction of sp³-hybridized carbons (Fsp3) is 0.342. The summed E-state index contributed by atoms with van der Waals surface area (Å²) in [5, 5.41) is 8.96. The molecule has 5 rings (SSSR count). The second-order valence-electron chi connectivity index (χ2n) is 11.0. The van der Waals surface area contributed by atoms with Gasteiger partial charge in [-0.2, -0.15) is 0 Å². The van der Waals surface area contributed by atoms with Gasteiger partial charge in [-0.05, 0) is 75.8 Å². The Bertz CT molecular complexity index is 1510. The maximum absolute atomic E-state index is 6.78. The minimum absolute atomic E-state index is 0.171. The van der Waals surface area contributed by atoms with Crippen molar-refractivity contribution in [3.8, 4) is 28.4 Å². The zero-order chi connectivity index (χ0) is 33.3. The summed E-state index contributed by atoms with van der Waals surface area (Å²) < 4.78 is 18.8. The number of nitrogens with one attached hydrogen (secondary N) is 2. The van der Waals surface area contributed by atoms with Crippen LogP contribution in [-0.4, -0.2) is 32.1 Å². The van der Waals surface area contributed by atoms with Crippen molar-refractivity contribution >= 4 is 14.9 Å². The van der Waals surface area contributed by atoms with E-state index >= 15 is 0 Å². The molecule has 0 saturated carbocycles. The molecule has 4 aromatic carbocycles. The number of nitrogens with zero attached hydrogens (tertiary/aromatic N) is 1.